The molecule has 0 amide bonds. The molecule has 0 aliphatic heterocycles. The summed E-state index contributed by atoms with van der Waals surface area (Å²) in [6.07, 6.45) is 6.88. The van der Waals surface area contributed by atoms with Crippen LogP contribution in [0, 0.1) is 9.49 Å². The first kappa shape index (κ1) is 9.65. The van der Waals surface area contributed by atoms with Crippen LogP contribution in [0.15, 0.2) is 12.5 Å². The van der Waals surface area contributed by atoms with E-state index in [2.05, 4.69) is 32.6 Å². The summed E-state index contributed by atoms with van der Waals surface area (Å²) in [4.78, 5) is 8.18. The predicted molar refractivity (Wildman–Crippen MR) is 60.8 cm³/mol. The van der Waals surface area contributed by atoms with Gasteiger partial charge in [0, 0.05) is 18.0 Å². The van der Waals surface area contributed by atoms with Crippen molar-refractivity contribution in [3.8, 4) is 0 Å². The third-order valence-corrected chi connectivity index (χ3v) is 3.68. The topological polar surface area (TPSA) is 25.8 Å². The van der Waals surface area contributed by atoms with E-state index in [9.17, 15) is 0 Å². The molecule has 1 aliphatic rings. The highest BCUT2D eigenvalue weighted by molar-refractivity contribution is 14.1. The quantitative estimate of drug-likeness (QED) is 0.634. The van der Waals surface area contributed by atoms with Gasteiger partial charge < -0.3 is 0 Å². The molecule has 1 aromatic heterocycles. The van der Waals surface area contributed by atoms with Crippen molar-refractivity contribution in [3.05, 3.63) is 21.8 Å². The van der Waals surface area contributed by atoms with Crippen LogP contribution in [0.2, 0.25) is 0 Å². The van der Waals surface area contributed by atoms with Crippen molar-refractivity contribution in [1.29, 1.82) is 0 Å². The number of halogens is 2. The van der Waals surface area contributed by atoms with Crippen molar-refractivity contribution in [2.75, 3.05) is 0 Å². The molecule has 0 N–H and O–H groups in total. The average molecular weight is 309 g/mol. The molecular formula is C9H10ClIN2. The Kier molecular flexibility index (Phi) is 3.03. The number of hydrogen-bond acceptors (Lipinski definition) is 2. The smallest absolute Gasteiger partial charge is 0.115 e. The lowest BCUT2D eigenvalue weighted by atomic mass is 10.1. The maximum absolute atomic E-state index is 6.22. The van der Waals surface area contributed by atoms with Crippen LogP contribution in [0.3, 0.4) is 0 Å². The number of rotatable bonds is 3. The molecule has 0 spiro atoms. The maximum atomic E-state index is 6.22. The number of alkyl halides is 1. The second kappa shape index (κ2) is 4.09. The zero-order valence-electron chi connectivity index (χ0n) is 7.08. The fourth-order valence-corrected chi connectivity index (χ4v) is 2.22. The maximum Gasteiger partial charge on any atom is 0.115 e. The van der Waals surface area contributed by atoms with Gasteiger partial charge >= 0.3 is 0 Å². The highest BCUT2D eigenvalue weighted by Crippen LogP contribution is 2.37. The van der Waals surface area contributed by atoms with Gasteiger partial charge in [-0.05, 0) is 41.4 Å². The Labute approximate surface area is 96.3 Å². The van der Waals surface area contributed by atoms with Crippen LogP contribution in [0.5, 0.6) is 0 Å². The Morgan fingerprint density at radius 3 is 3.00 bits per heavy atom. The van der Waals surface area contributed by atoms with Crippen molar-refractivity contribution >= 4 is 34.2 Å². The van der Waals surface area contributed by atoms with Gasteiger partial charge in [0.2, 0.25) is 0 Å². The molecule has 1 fully saturated rings. The molecule has 1 aliphatic carbocycles. The Morgan fingerprint density at radius 2 is 2.38 bits per heavy atom. The molecule has 1 heterocycles. The summed E-state index contributed by atoms with van der Waals surface area (Å²) in [5.74, 6) is 0.729. The van der Waals surface area contributed by atoms with Gasteiger partial charge in [0.15, 0.2) is 0 Å². The summed E-state index contributed by atoms with van der Waals surface area (Å²) >= 11 is 8.47. The van der Waals surface area contributed by atoms with Crippen LogP contribution in [-0.4, -0.2) is 15.3 Å². The first-order chi connectivity index (χ1) is 6.27. The van der Waals surface area contributed by atoms with E-state index in [4.69, 9.17) is 11.6 Å². The summed E-state index contributed by atoms with van der Waals surface area (Å²) in [6, 6.07) is 0. The third kappa shape index (κ3) is 2.53. The molecule has 2 rings (SSSR count). The van der Waals surface area contributed by atoms with Gasteiger partial charge in [0.1, 0.15) is 6.33 Å². The molecule has 1 atom stereocenters. The SMILES string of the molecule is ClC(Cc1ncncc1I)C1CC1. The molecule has 4 heteroatoms. The number of aromatic nitrogens is 2. The molecule has 0 radical (unpaired) electrons. The van der Waals surface area contributed by atoms with Gasteiger partial charge in [0.25, 0.3) is 0 Å². The summed E-state index contributed by atoms with van der Waals surface area (Å²) in [6.45, 7) is 0. The van der Waals surface area contributed by atoms with E-state index in [1.54, 1.807) is 6.33 Å². The van der Waals surface area contributed by atoms with E-state index in [-0.39, 0.29) is 5.38 Å². The Hall–Kier alpha value is 0.100. The van der Waals surface area contributed by atoms with E-state index in [1.165, 1.54) is 12.8 Å². The Morgan fingerprint density at radius 1 is 1.62 bits per heavy atom. The summed E-state index contributed by atoms with van der Waals surface area (Å²) in [7, 11) is 0. The molecule has 0 saturated heterocycles. The van der Waals surface area contributed by atoms with Crippen LogP contribution in [0.4, 0.5) is 0 Å². The minimum atomic E-state index is 0.267. The van der Waals surface area contributed by atoms with Gasteiger partial charge in [-0.2, -0.15) is 0 Å². The van der Waals surface area contributed by atoms with Crippen LogP contribution >= 0.6 is 34.2 Å². The summed E-state index contributed by atoms with van der Waals surface area (Å²) in [5, 5.41) is 0.267. The van der Waals surface area contributed by atoms with Crippen molar-refractivity contribution in [1.82, 2.24) is 9.97 Å². The normalized spacial score (nSPS) is 18.6. The lowest BCUT2D eigenvalue weighted by Gasteiger charge is -2.07. The monoisotopic (exact) mass is 308 g/mol. The van der Waals surface area contributed by atoms with Crippen LogP contribution in [0.1, 0.15) is 18.5 Å². The molecule has 0 bridgehead atoms. The van der Waals surface area contributed by atoms with Crippen LogP contribution in [0.25, 0.3) is 0 Å². The minimum Gasteiger partial charge on any atom is -0.244 e. The predicted octanol–water partition coefficient (Wildman–Crippen LogP) is 2.64. The average Bonchev–Trinajstić information content (AvgIpc) is 2.91. The van der Waals surface area contributed by atoms with E-state index >= 15 is 0 Å². The lowest BCUT2D eigenvalue weighted by molar-refractivity contribution is 0.719. The Bertz CT molecular complexity index is 301. The highest BCUT2D eigenvalue weighted by Gasteiger charge is 2.30. The molecule has 1 unspecified atom stereocenters. The van der Waals surface area contributed by atoms with Crippen LogP contribution in [-0.2, 0) is 6.42 Å². The van der Waals surface area contributed by atoms with Crippen molar-refractivity contribution < 1.29 is 0 Å². The van der Waals surface area contributed by atoms with Gasteiger partial charge in [-0.3, -0.25) is 0 Å². The van der Waals surface area contributed by atoms with Crippen LogP contribution < -0.4 is 0 Å². The number of nitrogens with zero attached hydrogens (tertiary/aromatic N) is 2. The first-order valence-electron chi connectivity index (χ1n) is 4.36. The summed E-state index contributed by atoms with van der Waals surface area (Å²) in [5.41, 5.74) is 1.09. The van der Waals surface area contributed by atoms with Crippen molar-refractivity contribution in [2.24, 2.45) is 5.92 Å². The van der Waals surface area contributed by atoms with E-state index in [0.29, 0.717) is 0 Å². The van der Waals surface area contributed by atoms with Gasteiger partial charge in [-0.15, -0.1) is 11.6 Å². The molecule has 13 heavy (non-hydrogen) atoms. The van der Waals surface area contributed by atoms with E-state index < -0.39 is 0 Å². The zero-order chi connectivity index (χ0) is 9.26. The molecule has 1 saturated carbocycles. The molecular weight excluding hydrogens is 298 g/mol. The fourth-order valence-electron chi connectivity index (χ4n) is 1.30. The lowest BCUT2D eigenvalue weighted by Crippen LogP contribution is -2.08. The number of hydrogen-bond donors (Lipinski definition) is 0. The largest absolute Gasteiger partial charge is 0.244 e. The van der Waals surface area contributed by atoms with E-state index in [0.717, 1.165) is 21.6 Å². The molecule has 70 valence electrons. The zero-order valence-corrected chi connectivity index (χ0v) is 9.99. The first-order valence-corrected chi connectivity index (χ1v) is 5.87. The fraction of sp³-hybridized carbons (Fsp3) is 0.556. The molecule has 0 aromatic carbocycles. The molecule has 2 nitrogen and oxygen atoms in total. The summed E-state index contributed by atoms with van der Waals surface area (Å²) < 4.78 is 1.12. The van der Waals surface area contributed by atoms with Gasteiger partial charge in [-0.1, -0.05) is 0 Å². The standard InChI is InChI=1S/C9H10ClIN2/c10-7(6-1-2-6)3-9-8(11)4-12-5-13-9/h4-7H,1-3H2. The van der Waals surface area contributed by atoms with Crippen molar-refractivity contribution in [3.63, 3.8) is 0 Å². The highest BCUT2D eigenvalue weighted by atomic mass is 127. The van der Waals surface area contributed by atoms with Gasteiger partial charge in [0.05, 0.1) is 9.26 Å². The van der Waals surface area contributed by atoms with Gasteiger partial charge in [-0.25, -0.2) is 9.97 Å². The second-order valence-electron chi connectivity index (χ2n) is 3.37. The van der Waals surface area contributed by atoms with Crippen molar-refractivity contribution in [2.45, 2.75) is 24.6 Å². The second-order valence-corrected chi connectivity index (χ2v) is 5.10. The minimum absolute atomic E-state index is 0.267. The third-order valence-electron chi connectivity index (χ3n) is 2.27. The van der Waals surface area contributed by atoms with E-state index in [1.807, 2.05) is 6.20 Å². The molecule has 1 aromatic rings. The Balaban J connectivity index is 2.03.